The predicted octanol–water partition coefficient (Wildman–Crippen LogP) is 0.146. The highest BCUT2D eigenvalue weighted by atomic mass is 16.5. The zero-order valence-electron chi connectivity index (χ0n) is 14.9. The number of ether oxygens (including phenoxy) is 1. The average Bonchev–Trinajstić information content (AvgIpc) is 2.61. The van der Waals surface area contributed by atoms with Crippen molar-refractivity contribution in [2.45, 2.75) is 38.8 Å². The maximum absolute atomic E-state index is 12.2. The molecule has 1 aromatic rings. The summed E-state index contributed by atoms with van der Waals surface area (Å²) in [5.74, 6) is -2.49. The van der Waals surface area contributed by atoms with Gasteiger partial charge >= 0.3 is 5.97 Å². The van der Waals surface area contributed by atoms with Gasteiger partial charge in [0.2, 0.25) is 11.8 Å². The molecule has 0 unspecified atom stereocenters. The van der Waals surface area contributed by atoms with Gasteiger partial charge in [-0.05, 0) is 12.3 Å². The van der Waals surface area contributed by atoms with Crippen LogP contribution in [-0.4, -0.2) is 42.3 Å². The van der Waals surface area contributed by atoms with E-state index in [1.54, 1.807) is 44.2 Å². The summed E-state index contributed by atoms with van der Waals surface area (Å²) in [5, 5.41) is 2.50. The molecule has 0 aliphatic carbocycles. The minimum Gasteiger partial charge on any atom is -0.456 e. The maximum Gasteiger partial charge on any atom is 0.329 e. The Hall–Kier alpha value is -2.74. The van der Waals surface area contributed by atoms with Gasteiger partial charge in [0, 0.05) is 12.0 Å². The molecular weight excluding hydrogens is 338 g/mol. The van der Waals surface area contributed by atoms with Crippen LogP contribution in [0.3, 0.4) is 0 Å². The van der Waals surface area contributed by atoms with Crippen LogP contribution in [0.15, 0.2) is 30.3 Å². The van der Waals surface area contributed by atoms with Crippen molar-refractivity contribution < 1.29 is 23.9 Å². The van der Waals surface area contributed by atoms with E-state index >= 15 is 0 Å². The molecule has 0 aliphatic heterocycles. The van der Waals surface area contributed by atoms with Gasteiger partial charge in [0.1, 0.15) is 6.04 Å². The fourth-order valence-electron chi connectivity index (χ4n) is 2.12. The Bertz CT molecular complexity index is 645. The standard InChI is InChI=1S/C18H25N3O5/c1-11(2)16(21-17(24)13(19)8-9-15(20)23)18(25)26-10-14(22)12-6-4-3-5-7-12/h3-7,11,13,16H,8-10,19H2,1-2H3,(H2,20,23)(H,21,24)/t13-,16-/m0/s1. The number of primary amides is 1. The van der Waals surface area contributed by atoms with Gasteiger partial charge < -0.3 is 21.5 Å². The first-order valence-corrected chi connectivity index (χ1v) is 8.31. The lowest BCUT2D eigenvalue weighted by molar-refractivity contribution is -0.148. The second kappa shape index (κ2) is 10.3. The van der Waals surface area contributed by atoms with E-state index in [9.17, 15) is 19.2 Å². The van der Waals surface area contributed by atoms with Crippen LogP contribution in [0, 0.1) is 5.92 Å². The van der Waals surface area contributed by atoms with Crippen molar-refractivity contribution in [1.29, 1.82) is 0 Å². The highest BCUT2D eigenvalue weighted by molar-refractivity contribution is 5.98. The van der Waals surface area contributed by atoms with Crippen LogP contribution in [0.1, 0.15) is 37.0 Å². The Labute approximate surface area is 152 Å². The summed E-state index contributed by atoms with van der Waals surface area (Å²) < 4.78 is 5.04. The minimum absolute atomic E-state index is 0.0308. The fourth-order valence-corrected chi connectivity index (χ4v) is 2.12. The van der Waals surface area contributed by atoms with Crippen LogP contribution in [-0.2, 0) is 19.1 Å². The number of nitrogens with two attached hydrogens (primary N) is 2. The molecule has 2 amide bonds. The Balaban J connectivity index is 2.59. The molecule has 0 heterocycles. The highest BCUT2D eigenvalue weighted by Gasteiger charge is 2.28. The van der Waals surface area contributed by atoms with Gasteiger partial charge in [-0.25, -0.2) is 4.79 Å². The summed E-state index contributed by atoms with van der Waals surface area (Å²) in [6.45, 7) is 3.02. The molecule has 26 heavy (non-hydrogen) atoms. The summed E-state index contributed by atoms with van der Waals surface area (Å²) in [5.41, 5.74) is 11.1. The van der Waals surface area contributed by atoms with E-state index in [1.807, 2.05) is 0 Å². The van der Waals surface area contributed by atoms with Gasteiger partial charge in [0.15, 0.2) is 12.4 Å². The van der Waals surface area contributed by atoms with E-state index < -0.39 is 36.5 Å². The molecule has 142 valence electrons. The van der Waals surface area contributed by atoms with Crippen LogP contribution in [0.5, 0.6) is 0 Å². The SMILES string of the molecule is CC(C)[C@H](NC(=O)[C@@H](N)CCC(N)=O)C(=O)OCC(=O)c1ccccc1. The first kappa shape index (κ1) is 21.3. The third kappa shape index (κ3) is 7.02. The van der Waals surface area contributed by atoms with Gasteiger partial charge in [0.05, 0.1) is 6.04 Å². The molecule has 0 fully saturated rings. The molecule has 0 spiro atoms. The van der Waals surface area contributed by atoms with E-state index in [0.29, 0.717) is 5.56 Å². The molecule has 1 aromatic carbocycles. The molecule has 0 aromatic heterocycles. The summed E-state index contributed by atoms with van der Waals surface area (Å²) in [6, 6.07) is 6.51. The zero-order valence-corrected chi connectivity index (χ0v) is 14.9. The minimum atomic E-state index is -0.970. The topological polar surface area (TPSA) is 142 Å². The smallest absolute Gasteiger partial charge is 0.329 e. The lowest BCUT2D eigenvalue weighted by atomic mass is 10.0. The molecule has 1 rings (SSSR count). The number of nitrogens with one attached hydrogen (secondary N) is 1. The van der Waals surface area contributed by atoms with Crippen LogP contribution >= 0.6 is 0 Å². The maximum atomic E-state index is 12.2. The quantitative estimate of drug-likeness (QED) is 0.399. The van der Waals surface area contributed by atoms with E-state index in [0.717, 1.165) is 0 Å². The normalized spacial score (nSPS) is 12.9. The molecule has 0 bridgehead atoms. The number of carbonyl (C=O) groups excluding carboxylic acids is 4. The van der Waals surface area contributed by atoms with E-state index in [2.05, 4.69) is 5.32 Å². The molecule has 8 nitrogen and oxygen atoms in total. The van der Waals surface area contributed by atoms with Crippen molar-refractivity contribution in [2.24, 2.45) is 17.4 Å². The van der Waals surface area contributed by atoms with Crippen molar-refractivity contribution >= 4 is 23.6 Å². The van der Waals surface area contributed by atoms with Crippen LogP contribution in [0.2, 0.25) is 0 Å². The largest absolute Gasteiger partial charge is 0.456 e. The van der Waals surface area contributed by atoms with Crippen molar-refractivity contribution in [3.05, 3.63) is 35.9 Å². The van der Waals surface area contributed by atoms with Gasteiger partial charge in [-0.1, -0.05) is 44.2 Å². The Morgan fingerprint density at radius 2 is 1.73 bits per heavy atom. The van der Waals surface area contributed by atoms with Gasteiger partial charge in [0.25, 0.3) is 0 Å². The predicted molar refractivity (Wildman–Crippen MR) is 94.9 cm³/mol. The molecule has 0 radical (unpaired) electrons. The monoisotopic (exact) mass is 363 g/mol. The lowest BCUT2D eigenvalue weighted by Gasteiger charge is -2.22. The number of carbonyl (C=O) groups is 4. The number of amides is 2. The first-order chi connectivity index (χ1) is 12.2. The zero-order chi connectivity index (χ0) is 19.7. The number of esters is 1. The molecule has 2 atom stereocenters. The molecule has 0 aliphatic rings. The molecule has 8 heteroatoms. The van der Waals surface area contributed by atoms with Crippen molar-refractivity contribution in [2.75, 3.05) is 6.61 Å². The number of benzene rings is 1. The summed E-state index contributed by atoms with van der Waals surface area (Å²) in [7, 11) is 0. The Morgan fingerprint density at radius 1 is 1.12 bits per heavy atom. The number of ketones is 1. The number of rotatable bonds is 10. The number of Topliss-reactive ketones (excluding diaryl/α,β-unsaturated/α-hetero) is 1. The van der Waals surface area contributed by atoms with E-state index in [-0.39, 0.29) is 24.5 Å². The highest BCUT2D eigenvalue weighted by Crippen LogP contribution is 2.07. The molecular formula is C18H25N3O5. The van der Waals surface area contributed by atoms with Crippen molar-refractivity contribution in [1.82, 2.24) is 5.32 Å². The van der Waals surface area contributed by atoms with Gasteiger partial charge in [-0.15, -0.1) is 0 Å². The third-order valence-electron chi connectivity index (χ3n) is 3.70. The third-order valence-corrected chi connectivity index (χ3v) is 3.70. The second-order valence-electron chi connectivity index (χ2n) is 6.24. The van der Waals surface area contributed by atoms with Crippen LogP contribution in [0.25, 0.3) is 0 Å². The van der Waals surface area contributed by atoms with Gasteiger partial charge in [-0.3, -0.25) is 14.4 Å². The fraction of sp³-hybridized carbons (Fsp3) is 0.444. The van der Waals surface area contributed by atoms with Crippen molar-refractivity contribution in [3.8, 4) is 0 Å². The molecule has 0 saturated carbocycles. The number of hydrogen-bond acceptors (Lipinski definition) is 6. The number of hydrogen-bond donors (Lipinski definition) is 3. The molecule has 0 saturated heterocycles. The summed E-state index contributed by atoms with van der Waals surface area (Å²) in [4.78, 5) is 47.1. The van der Waals surface area contributed by atoms with Crippen molar-refractivity contribution in [3.63, 3.8) is 0 Å². The van der Waals surface area contributed by atoms with E-state index in [1.165, 1.54) is 0 Å². The van der Waals surface area contributed by atoms with Crippen LogP contribution < -0.4 is 16.8 Å². The second-order valence-corrected chi connectivity index (χ2v) is 6.24. The Morgan fingerprint density at radius 3 is 2.27 bits per heavy atom. The first-order valence-electron chi connectivity index (χ1n) is 8.31. The summed E-state index contributed by atoms with van der Waals surface area (Å²) >= 11 is 0. The Kier molecular flexibility index (Phi) is 8.44. The average molecular weight is 363 g/mol. The summed E-state index contributed by atoms with van der Waals surface area (Å²) in [6.07, 6.45) is 0.0461. The van der Waals surface area contributed by atoms with Gasteiger partial charge in [-0.2, -0.15) is 0 Å². The van der Waals surface area contributed by atoms with Crippen LogP contribution in [0.4, 0.5) is 0 Å². The molecule has 5 N–H and O–H groups in total. The lowest BCUT2D eigenvalue weighted by Crippen LogP contribution is -2.51. The van der Waals surface area contributed by atoms with E-state index in [4.69, 9.17) is 16.2 Å².